The van der Waals surface area contributed by atoms with Gasteiger partial charge in [-0.25, -0.2) is 0 Å². The minimum Gasteiger partial charge on any atom is -0.382 e. The molecule has 0 saturated carbocycles. The van der Waals surface area contributed by atoms with E-state index >= 15 is 0 Å². The van der Waals surface area contributed by atoms with Gasteiger partial charge < -0.3 is 14.4 Å². The Morgan fingerprint density at radius 1 is 1.50 bits per heavy atom. The van der Waals surface area contributed by atoms with E-state index in [4.69, 9.17) is 9.47 Å². The van der Waals surface area contributed by atoms with Crippen LogP contribution in [0.4, 0.5) is 0 Å². The van der Waals surface area contributed by atoms with Crippen molar-refractivity contribution < 1.29 is 14.3 Å². The number of hydrogen-bond donors (Lipinski definition) is 0. The Hall–Kier alpha value is -1.59. The van der Waals surface area contributed by atoms with Crippen LogP contribution in [0.1, 0.15) is 6.92 Å². The van der Waals surface area contributed by atoms with Crippen molar-refractivity contribution in [2.45, 2.75) is 19.3 Å². The summed E-state index contributed by atoms with van der Waals surface area (Å²) in [6, 6.07) is 0. The molecule has 0 fully saturated rings. The van der Waals surface area contributed by atoms with Gasteiger partial charge in [-0.1, -0.05) is 12.7 Å². The fraction of sp³-hybridized carbons (Fsp3) is 0.462. The molecule has 2 aliphatic rings. The molecule has 5 nitrogen and oxygen atoms in total. The van der Waals surface area contributed by atoms with Gasteiger partial charge in [0.15, 0.2) is 6.23 Å². The topological polar surface area (TPSA) is 42.0 Å². The second-order valence-corrected chi connectivity index (χ2v) is 4.41. The van der Waals surface area contributed by atoms with Gasteiger partial charge in [0.05, 0.1) is 6.61 Å². The highest BCUT2D eigenvalue weighted by atomic mass is 16.5. The fourth-order valence-corrected chi connectivity index (χ4v) is 2.02. The molecule has 0 aliphatic carbocycles. The number of methoxy groups -OCH3 is 1. The van der Waals surface area contributed by atoms with E-state index in [-0.39, 0.29) is 18.2 Å². The van der Waals surface area contributed by atoms with Crippen molar-refractivity contribution in [2.24, 2.45) is 0 Å². The second kappa shape index (κ2) is 4.96. The van der Waals surface area contributed by atoms with Crippen LogP contribution in [-0.4, -0.2) is 48.8 Å². The quantitative estimate of drug-likeness (QED) is 0.702. The molecule has 0 saturated heterocycles. The largest absolute Gasteiger partial charge is 0.382 e. The molecule has 0 aromatic heterocycles. The number of nitrogens with zero attached hydrogens (tertiary/aromatic N) is 2. The van der Waals surface area contributed by atoms with E-state index < -0.39 is 0 Å². The maximum absolute atomic E-state index is 11.8. The predicted octanol–water partition coefficient (Wildman–Crippen LogP) is 1.06. The first-order valence-electron chi connectivity index (χ1n) is 5.81. The van der Waals surface area contributed by atoms with E-state index in [9.17, 15) is 4.79 Å². The van der Waals surface area contributed by atoms with Crippen LogP contribution >= 0.6 is 0 Å². The number of rotatable bonds is 3. The Morgan fingerprint density at radius 2 is 2.22 bits per heavy atom. The van der Waals surface area contributed by atoms with Crippen LogP contribution in [0.5, 0.6) is 0 Å². The minimum absolute atomic E-state index is 0.0355. The van der Waals surface area contributed by atoms with Crippen LogP contribution in [0, 0.1) is 0 Å². The summed E-state index contributed by atoms with van der Waals surface area (Å²) in [7, 11) is 3.35. The lowest BCUT2D eigenvalue weighted by Crippen LogP contribution is -2.43. The highest BCUT2D eigenvalue weighted by Crippen LogP contribution is 2.25. The zero-order chi connectivity index (χ0) is 13.3. The summed E-state index contributed by atoms with van der Waals surface area (Å²) in [5.74, 6) is 0.574. The van der Waals surface area contributed by atoms with E-state index in [0.717, 1.165) is 0 Å². The zero-order valence-electron chi connectivity index (χ0n) is 10.9. The zero-order valence-corrected chi connectivity index (χ0v) is 10.9. The smallest absolute Gasteiger partial charge is 0.256 e. The van der Waals surface area contributed by atoms with Gasteiger partial charge in [-0.3, -0.25) is 9.69 Å². The molecule has 0 unspecified atom stereocenters. The summed E-state index contributed by atoms with van der Waals surface area (Å²) >= 11 is 0. The third kappa shape index (κ3) is 2.19. The standard InChI is InChI=1S/C13H18N2O3/c1-9-7-15(10(2)14(3)13(9)16)12-6-5-11(18-12)8-17-4/h5-7,11-12H,2,8H2,1,3-4H3/t11-,12+/m0/s1. The van der Waals surface area contributed by atoms with Crippen molar-refractivity contribution >= 4 is 5.91 Å². The molecule has 2 aliphatic heterocycles. The van der Waals surface area contributed by atoms with Crippen LogP contribution < -0.4 is 0 Å². The van der Waals surface area contributed by atoms with E-state index in [2.05, 4.69) is 6.58 Å². The van der Waals surface area contributed by atoms with Gasteiger partial charge in [0.2, 0.25) is 0 Å². The molecule has 0 radical (unpaired) electrons. The summed E-state index contributed by atoms with van der Waals surface area (Å²) in [6.45, 7) is 6.22. The Bertz CT molecular complexity index is 428. The first-order valence-corrected chi connectivity index (χ1v) is 5.81. The molecule has 0 aromatic carbocycles. The van der Waals surface area contributed by atoms with E-state index in [0.29, 0.717) is 18.0 Å². The normalized spacial score (nSPS) is 28.1. The number of hydrogen-bond acceptors (Lipinski definition) is 4. The number of carbonyl (C=O) groups excluding carboxylic acids is 1. The van der Waals surface area contributed by atoms with Gasteiger partial charge in [-0.05, 0) is 13.0 Å². The van der Waals surface area contributed by atoms with Gasteiger partial charge >= 0.3 is 0 Å². The molecule has 1 amide bonds. The average molecular weight is 250 g/mol. The third-order valence-electron chi connectivity index (χ3n) is 3.07. The molecule has 0 spiro atoms. The van der Waals surface area contributed by atoms with E-state index in [1.54, 1.807) is 27.3 Å². The van der Waals surface area contributed by atoms with Crippen LogP contribution in [0.15, 0.2) is 36.3 Å². The number of amides is 1. The Balaban J connectivity index is 2.13. The van der Waals surface area contributed by atoms with Crippen LogP contribution in [0.2, 0.25) is 0 Å². The number of carbonyl (C=O) groups is 1. The molecule has 18 heavy (non-hydrogen) atoms. The highest BCUT2D eigenvalue weighted by molar-refractivity contribution is 5.94. The maximum Gasteiger partial charge on any atom is 0.256 e. The molecule has 0 N–H and O–H groups in total. The highest BCUT2D eigenvalue weighted by Gasteiger charge is 2.31. The molecule has 0 aromatic rings. The molecular formula is C13H18N2O3. The SMILES string of the molecule is C=C1N(C)C(=O)C(C)=CN1[C@H]1C=C[C@@H](COC)O1. The van der Waals surface area contributed by atoms with Gasteiger partial charge in [0.25, 0.3) is 5.91 Å². The van der Waals surface area contributed by atoms with Gasteiger partial charge in [0.1, 0.15) is 11.9 Å². The molecule has 2 atom stereocenters. The van der Waals surface area contributed by atoms with Crippen molar-refractivity contribution in [2.75, 3.05) is 20.8 Å². The summed E-state index contributed by atoms with van der Waals surface area (Å²) in [5, 5.41) is 0. The third-order valence-corrected chi connectivity index (χ3v) is 3.07. The lowest BCUT2D eigenvalue weighted by molar-refractivity contribution is -0.127. The number of likely N-dealkylation sites (N-methyl/N-ethyl adjacent to an activating group) is 1. The maximum atomic E-state index is 11.8. The van der Waals surface area contributed by atoms with Crippen molar-refractivity contribution in [3.05, 3.63) is 36.3 Å². The lowest BCUT2D eigenvalue weighted by atomic mass is 10.2. The van der Waals surface area contributed by atoms with E-state index in [1.807, 2.05) is 17.1 Å². The van der Waals surface area contributed by atoms with Gasteiger partial charge in [-0.2, -0.15) is 0 Å². The molecule has 5 heteroatoms. The summed E-state index contributed by atoms with van der Waals surface area (Å²) in [5.41, 5.74) is 0.664. The van der Waals surface area contributed by atoms with Gasteiger partial charge in [-0.15, -0.1) is 0 Å². The molecule has 2 rings (SSSR count). The first kappa shape index (κ1) is 12.9. The Kier molecular flexibility index (Phi) is 3.54. The summed E-state index contributed by atoms with van der Waals surface area (Å²) in [6.07, 6.45) is 5.39. The van der Waals surface area contributed by atoms with Crippen LogP contribution in [0.25, 0.3) is 0 Å². The van der Waals surface area contributed by atoms with Crippen molar-refractivity contribution in [1.82, 2.24) is 9.80 Å². The van der Waals surface area contributed by atoms with Crippen LogP contribution in [-0.2, 0) is 14.3 Å². The molecule has 2 heterocycles. The Morgan fingerprint density at radius 3 is 2.89 bits per heavy atom. The van der Waals surface area contributed by atoms with Crippen molar-refractivity contribution in [3.8, 4) is 0 Å². The average Bonchev–Trinajstić information content (AvgIpc) is 2.80. The summed E-state index contributed by atoms with van der Waals surface area (Å²) < 4.78 is 10.8. The van der Waals surface area contributed by atoms with Crippen LogP contribution in [0.3, 0.4) is 0 Å². The second-order valence-electron chi connectivity index (χ2n) is 4.41. The lowest BCUT2D eigenvalue weighted by Gasteiger charge is -2.37. The Labute approximate surface area is 107 Å². The fourth-order valence-electron chi connectivity index (χ4n) is 2.02. The molecule has 0 bridgehead atoms. The number of ether oxygens (including phenoxy) is 2. The molecular weight excluding hydrogens is 232 g/mol. The van der Waals surface area contributed by atoms with Crippen molar-refractivity contribution in [1.29, 1.82) is 0 Å². The first-order chi connectivity index (χ1) is 8.54. The van der Waals surface area contributed by atoms with E-state index in [1.165, 1.54) is 4.90 Å². The van der Waals surface area contributed by atoms with Crippen molar-refractivity contribution in [3.63, 3.8) is 0 Å². The predicted molar refractivity (Wildman–Crippen MR) is 67.2 cm³/mol. The molecule has 98 valence electrons. The minimum atomic E-state index is -0.233. The monoisotopic (exact) mass is 250 g/mol. The van der Waals surface area contributed by atoms with Gasteiger partial charge in [0, 0.05) is 25.9 Å². The summed E-state index contributed by atoms with van der Waals surface area (Å²) in [4.78, 5) is 15.1.